The average Bonchev–Trinajstić information content (AvgIpc) is 3.03. The Morgan fingerprint density at radius 1 is 1.12 bits per heavy atom. The number of allylic oxidation sites excluding steroid dienone is 2. The summed E-state index contributed by atoms with van der Waals surface area (Å²) in [6.07, 6.45) is 11.0. The summed E-state index contributed by atoms with van der Waals surface area (Å²) in [7, 11) is 0. The first kappa shape index (κ1) is 9.44. The van der Waals surface area contributed by atoms with Crippen molar-refractivity contribution in [2.75, 3.05) is 0 Å². The van der Waals surface area contributed by atoms with Crippen LogP contribution in [0, 0.1) is 52.8 Å². The van der Waals surface area contributed by atoms with E-state index in [-0.39, 0.29) is 0 Å². The molecule has 0 aromatic carbocycles. The zero-order valence-corrected chi connectivity index (χ0v) is 9.97. The lowest BCUT2D eigenvalue weighted by Gasteiger charge is -2.40. The first-order valence-corrected chi connectivity index (χ1v) is 7.04. The van der Waals surface area contributed by atoms with Crippen molar-refractivity contribution in [3.05, 3.63) is 12.2 Å². The average molecular weight is 215 g/mol. The van der Waals surface area contributed by atoms with Crippen LogP contribution in [0.2, 0.25) is 0 Å². The van der Waals surface area contributed by atoms with Crippen LogP contribution in [0.25, 0.3) is 0 Å². The van der Waals surface area contributed by atoms with Crippen LogP contribution in [0.4, 0.5) is 0 Å². The van der Waals surface area contributed by atoms with Crippen LogP contribution in [0.3, 0.4) is 0 Å². The largest absolute Gasteiger partial charge is 0.313 e. The maximum Gasteiger partial charge on any atom is -0.000260 e. The molecule has 3 saturated carbocycles. The topological polar surface area (TPSA) is 23.9 Å². The molecule has 16 heavy (non-hydrogen) atoms. The van der Waals surface area contributed by atoms with Crippen LogP contribution in [-0.2, 0) is 0 Å². The molecular weight excluding hydrogens is 194 g/mol. The van der Waals surface area contributed by atoms with E-state index < -0.39 is 0 Å². The Hall–Kier alpha value is -0.590. The standard InChI is InChI=1S/C15H21N/c1-2-10-11-6-12(13(10)7-16)15-9-4-3-8(5-9)14(11)15/h3-4,7-16H,2,5-6H2,1H3. The van der Waals surface area contributed by atoms with E-state index in [1.807, 2.05) is 0 Å². The van der Waals surface area contributed by atoms with Crippen LogP contribution >= 0.6 is 0 Å². The van der Waals surface area contributed by atoms with Gasteiger partial charge in [-0.25, -0.2) is 0 Å². The highest BCUT2D eigenvalue weighted by atomic mass is 14.7. The molecule has 1 nitrogen and oxygen atoms in total. The molecule has 8 unspecified atom stereocenters. The minimum Gasteiger partial charge on any atom is -0.313 e. The first-order chi connectivity index (χ1) is 7.85. The Morgan fingerprint density at radius 2 is 1.81 bits per heavy atom. The smallest absolute Gasteiger partial charge is 0.000260 e. The lowest BCUT2D eigenvalue weighted by atomic mass is 9.64. The van der Waals surface area contributed by atoms with E-state index in [1.54, 1.807) is 6.21 Å². The normalized spacial score (nSPS) is 60.6. The summed E-state index contributed by atoms with van der Waals surface area (Å²) in [5.74, 6) is 7.11. The molecule has 4 bridgehead atoms. The van der Waals surface area contributed by atoms with Gasteiger partial charge in [0.15, 0.2) is 0 Å². The molecule has 1 N–H and O–H groups in total. The van der Waals surface area contributed by atoms with Gasteiger partial charge in [-0.1, -0.05) is 25.5 Å². The first-order valence-electron chi connectivity index (χ1n) is 7.04. The molecular formula is C15H21N. The number of fused-ring (bicyclic) bond motifs is 9. The highest BCUT2D eigenvalue weighted by Gasteiger charge is 2.63. The molecule has 0 spiro atoms. The Bertz CT molecular complexity index is 358. The lowest BCUT2D eigenvalue weighted by Crippen LogP contribution is -2.37. The monoisotopic (exact) mass is 215 g/mol. The Balaban J connectivity index is 1.73. The third-order valence-corrected chi connectivity index (χ3v) is 6.32. The maximum atomic E-state index is 7.73. The second-order valence-corrected chi connectivity index (χ2v) is 6.48. The second kappa shape index (κ2) is 3.00. The van der Waals surface area contributed by atoms with Gasteiger partial charge < -0.3 is 5.41 Å². The summed E-state index contributed by atoms with van der Waals surface area (Å²) in [4.78, 5) is 0. The molecule has 0 aromatic rings. The van der Waals surface area contributed by atoms with Gasteiger partial charge in [0.2, 0.25) is 0 Å². The molecule has 0 radical (unpaired) electrons. The quantitative estimate of drug-likeness (QED) is 0.415. The number of hydrogen-bond donors (Lipinski definition) is 1. The van der Waals surface area contributed by atoms with E-state index in [1.165, 1.54) is 19.3 Å². The molecule has 0 amide bonds. The summed E-state index contributed by atoms with van der Waals surface area (Å²) >= 11 is 0. The Morgan fingerprint density at radius 3 is 2.44 bits per heavy atom. The fraction of sp³-hybridized carbons (Fsp3) is 0.800. The van der Waals surface area contributed by atoms with Crippen LogP contribution in [0.15, 0.2) is 12.2 Å². The zero-order chi connectivity index (χ0) is 10.9. The van der Waals surface area contributed by atoms with E-state index in [0.29, 0.717) is 5.92 Å². The number of hydrogen-bond acceptors (Lipinski definition) is 1. The molecule has 0 aromatic heterocycles. The second-order valence-electron chi connectivity index (χ2n) is 6.48. The summed E-state index contributed by atoms with van der Waals surface area (Å²) < 4.78 is 0. The van der Waals surface area contributed by atoms with E-state index in [2.05, 4.69) is 19.1 Å². The van der Waals surface area contributed by atoms with Crippen LogP contribution in [0.5, 0.6) is 0 Å². The van der Waals surface area contributed by atoms with Gasteiger partial charge in [0.25, 0.3) is 0 Å². The third kappa shape index (κ3) is 0.881. The highest BCUT2D eigenvalue weighted by Crippen LogP contribution is 2.68. The van der Waals surface area contributed by atoms with Gasteiger partial charge in [-0.2, -0.15) is 0 Å². The highest BCUT2D eigenvalue weighted by molar-refractivity contribution is 5.59. The SMILES string of the molecule is CCC1C(C=N)C2CC1C1C3C=CC(C3)C21. The molecule has 0 heterocycles. The molecule has 4 rings (SSSR count). The van der Waals surface area contributed by atoms with E-state index >= 15 is 0 Å². The van der Waals surface area contributed by atoms with Gasteiger partial charge in [-0.3, -0.25) is 0 Å². The fourth-order valence-electron chi connectivity index (χ4n) is 6.03. The maximum absolute atomic E-state index is 7.73. The predicted octanol–water partition coefficient (Wildman–Crippen LogP) is 3.37. The van der Waals surface area contributed by atoms with Gasteiger partial charge in [0.1, 0.15) is 0 Å². The van der Waals surface area contributed by atoms with Crippen molar-refractivity contribution in [2.24, 2.45) is 47.3 Å². The summed E-state index contributed by atoms with van der Waals surface area (Å²) in [6, 6.07) is 0. The molecule has 0 saturated heterocycles. The van der Waals surface area contributed by atoms with Crippen LogP contribution in [0.1, 0.15) is 26.2 Å². The molecule has 4 aliphatic carbocycles. The van der Waals surface area contributed by atoms with Gasteiger partial charge in [-0.15, -0.1) is 0 Å². The van der Waals surface area contributed by atoms with Crippen molar-refractivity contribution < 1.29 is 0 Å². The Labute approximate surface area is 97.8 Å². The molecule has 86 valence electrons. The van der Waals surface area contributed by atoms with Crippen molar-refractivity contribution >= 4 is 6.21 Å². The van der Waals surface area contributed by atoms with Crippen molar-refractivity contribution in [1.82, 2.24) is 0 Å². The molecule has 8 atom stereocenters. The van der Waals surface area contributed by atoms with Gasteiger partial charge in [0.05, 0.1) is 0 Å². The van der Waals surface area contributed by atoms with Gasteiger partial charge in [-0.05, 0) is 66.4 Å². The van der Waals surface area contributed by atoms with Crippen molar-refractivity contribution in [2.45, 2.75) is 26.2 Å². The summed E-state index contributed by atoms with van der Waals surface area (Å²) in [5, 5.41) is 7.73. The van der Waals surface area contributed by atoms with E-state index in [9.17, 15) is 0 Å². The van der Waals surface area contributed by atoms with E-state index in [0.717, 1.165) is 41.4 Å². The molecule has 3 fully saturated rings. The number of rotatable bonds is 2. The summed E-state index contributed by atoms with van der Waals surface area (Å²) in [6.45, 7) is 2.33. The minimum absolute atomic E-state index is 0.629. The van der Waals surface area contributed by atoms with Crippen LogP contribution in [-0.4, -0.2) is 6.21 Å². The molecule has 4 aliphatic rings. The third-order valence-electron chi connectivity index (χ3n) is 6.32. The molecule has 1 heteroatoms. The van der Waals surface area contributed by atoms with Gasteiger partial charge in [0, 0.05) is 0 Å². The van der Waals surface area contributed by atoms with E-state index in [4.69, 9.17) is 5.41 Å². The van der Waals surface area contributed by atoms with Crippen molar-refractivity contribution in [3.63, 3.8) is 0 Å². The Kier molecular flexibility index (Phi) is 1.77. The molecule has 0 aliphatic heterocycles. The van der Waals surface area contributed by atoms with Crippen LogP contribution < -0.4 is 0 Å². The minimum atomic E-state index is 0.629. The predicted molar refractivity (Wildman–Crippen MR) is 65.4 cm³/mol. The van der Waals surface area contributed by atoms with Gasteiger partial charge >= 0.3 is 0 Å². The summed E-state index contributed by atoms with van der Waals surface area (Å²) in [5.41, 5.74) is 0. The zero-order valence-electron chi connectivity index (χ0n) is 9.97. The fourth-order valence-corrected chi connectivity index (χ4v) is 6.03. The number of nitrogens with one attached hydrogen (secondary N) is 1. The van der Waals surface area contributed by atoms with Crippen molar-refractivity contribution in [3.8, 4) is 0 Å². The lowest BCUT2D eigenvalue weighted by molar-refractivity contribution is 0.120. The van der Waals surface area contributed by atoms with Crippen molar-refractivity contribution in [1.29, 1.82) is 5.41 Å².